The van der Waals surface area contributed by atoms with Crippen LogP contribution in [0.2, 0.25) is 5.02 Å². The number of carboxylic acid groups (broad SMARTS) is 1. The second kappa shape index (κ2) is 7.22. The van der Waals surface area contributed by atoms with E-state index in [9.17, 15) is 9.90 Å². The first-order valence-electron chi connectivity index (χ1n) is 8.20. The van der Waals surface area contributed by atoms with Crippen LogP contribution in [0.4, 0.5) is 10.5 Å². The molecular formula is C20H19ClN2O3. The molecule has 0 fully saturated rings. The topological polar surface area (TPSA) is 66.6 Å². The first-order chi connectivity index (χ1) is 12.4. The third kappa shape index (κ3) is 3.30. The highest BCUT2D eigenvalue weighted by Gasteiger charge is 2.31. The van der Waals surface area contributed by atoms with Gasteiger partial charge in [0.1, 0.15) is 11.4 Å². The molecule has 1 heterocycles. The number of hydrogen-bond donors (Lipinski definition) is 1. The van der Waals surface area contributed by atoms with Crippen LogP contribution in [-0.2, 0) is 0 Å². The highest BCUT2D eigenvalue weighted by molar-refractivity contribution is 6.31. The molecule has 0 aliphatic carbocycles. The fourth-order valence-electron chi connectivity index (χ4n) is 2.95. The Labute approximate surface area is 156 Å². The van der Waals surface area contributed by atoms with Crippen molar-refractivity contribution in [3.8, 4) is 11.3 Å². The van der Waals surface area contributed by atoms with E-state index in [2.05, 4.69) is 5.16 Å². The Hall–Kier alpha value is -2.79. The maximum Gasteiger partial charge on any atom is 0.412 e. The lowest BCUT2D eigenvalue weighted by Crippen LogP contribution is -2.33. The normalized spacial score (nSPS) is 12.0. The molecule has 1 atom stereocenters. The van der Waals surface area contributed by atoms with Crippen molar-refractivity contribution in [1.29, 1.82) is 0 Å². The van der Waals surface area contributed by atoms with Crippen LogP contribution in [0.3, 0.4) is 0 Å². The van der Waals surface area contributed by atoms with Gasteiger partial charge in [-0.15, -0.1) is 0 Å². The van der Waals surface area contributed by atoms with Gasteiger partial charge in [-0.25, -0.2) is 4.79 Å². The Kier molecular flexibility index (Phi) is 5.00. The van der Waals surface area contributed by atoms with Gasteiger partial charge in [-0.3, -0.25) is 4.90 Å². The summed E-state index contributed by atoms with van der Waals surface area (Å²) in [5.41, 5.74) is 3.51. The van der Waals surface area contributed by atoms with Crippen LogP contribution < -0.4 is 4.90 Å². The van der Waals surface area contributed by atoms with E-state index in [1.807, 2.05) is 49.4 Å². The number of aromatic nitrogens is 1. The van der Waals surface area contributed by atoms with Crippen LogP contribution in [0.25, 0.3) is 11.3 Å². The van der Waals surface area contributed by atoms with Crippen LogP contribution in [0, 0.1) is 13.8 Å². The maximum atomic E-state index is 12.1. The zero-order valence-corrected chi connectivity index (χ0v) is 15.5. The molecule has 0 bridgehead atoms. The highest BCUT2D eigenvalue weighted by Crippen LogP contribution is 2.39. The smallest absolute Gasteiger partial charge is 0.412 e. The van der Waals surface area contributed by atoms with Gasteiger partial charge in [-0.05, 0) is 32.4 Å². The molecule has 0 saturated carbocycles. The number of amides is 1. The first-order valence-corrected chi connectivity index (χ1v) is 8.58. The fraction of sp³-hybridized carbons (Fsp3) is 0.200. The van der Waals surface area contributed by atoms with Crippen molar-refractivity contribution in [3.63, 3.8) is 0 Å². The third-order valence-electron chi connectivity index (χ3n) is 4.33. The fourth-order valence-corrected chi connectivity index (χ4v) is 3.24. The Bertz CT molecular complexity index is 934. The van der Waals surface area contributed by atoms with E-state index in [1.165, 1.54) is 4.90 Å². The number of carbonyl (C=O) groups is 1. The molecule has 6 heteroatoms. The summed E-state index contributed by atoms with van der Waals surface area (Å²) in [7, 11) is 0. The molecule has 0 aliphatic rings. The number of nitrogens with zero attached hydrogens (tertiary/aromatic N) is 2. The van der Waals surface area contributed by atoms with E-state index in [-0.39, 0.29) is 0 Å². The average Bonchev–Trinajstić information content (AvgIpc) is 2.97. The predicted octanol–water partition coefficient (Wildman–Crippen LogP) is 5.86. The number of halogens is 1. The zero-order chi connectivity index (χ0) is 18.8. The minimum atomic E-state index is -1.10. The van der Waals surface area contributed by atoms with Crippen molar-refractivity contribution < 1.29 is 14.4 Å². The van der Waals surface area contributed by atoms with Gasteiger partial charge in [0.2, 0.25) is 0 Å². The minimum Gasteiger partial charge on any atom is -0.465 e. The van der Waals surface area contributed by atoms with E-state index in [0.29, 0.717) is 27.7 Å². The molecule has 0 spiro atoms. The van der Waals surface area contributed by atoms with Crippen LogP contribution in [0.1, 0.15) is 29.8 Å². The van der Waals surface area contributed by atoms with Crippen molar-refractivity contribution in [2.24, 2.45) is 0 Å². The van der Waals surface area contributed by atoms with E-state index < -0.39 is 12.1 Å². The SMILES string of the molecule is Cc1ccc(-c2onc(C)c2N(C(=O)O)C(C)c2ccccc2Cl)cc1. The van der Waals surface area contributed by atoms with E-state index >= 15 is 0 Å². The van der Waals surface area contributed by atoms with Crippen molar-refractivity contribution in [2.75, 3.05) is 4.90 Å². The number of anilines is 1. The van der Waals surface area contributed by atoms with Crippen LogP contribution in [-0.4, -0.2) is 16.4 Å². The van der Waals surface area contributed by atoms with Gasteiger partial charge >= 0.3 is 6.09 Å². The van der Waals surface area contributed by atoms with Crippen molar-refractivity contribution >= 4 is 23.4 Å². The molecule has 1 amide bonds. The summed E-state index contributed by atoms with van der Waals surface area (Å²) in [6.45, 7) is 5.51. The summed E-state index contributed by atoms with van der Waals surface area (Å²) in [6, 6.07) is 14.4. The minimum absolute atomic E-state index is 0.420. The molecule has 1 N–H and O–H groups in total. The Morgan fingerprint density at radius 1 is 1.15 bits per heavy atom. The van der Waals surface area contributed by atoms with Gasteiger partial charge in [-0.2, -0.15) is 0 Å². The molecule has 26 heavy (non-hydrogen) atoms. The summed E-state index contributed by atoms with van der Waals surface area (Å²) in [5.74, 6) is 0.420. The van der Waals surface area contributed by atoms with Crippen molar-refractivity contribution in [1.82, 2.24) is 5.16 Å². The number of benzene rings is 2. The molecule has 5 nitrogen and oxygen atoms in total. The van der Waals surface area contributed by atoms with Crippen LogP contribution >= 0.6 is 11.6 Å². The quantitative estimate of drug-likeness (QED) is 0.624. The second-order valence-corrected chi connectivity index (χ2v) is 6.57. The molecule has 0 aliphatic heterocycles. The molecule has 1 aromatic heterocycles. The molecule has 134 valence electrons. The Morgan fingerprint density at radius 3 is 2.42 bits per heavy atom. The number of aryl methyl sites for hydroxylation is 2. The van der Waals surface area contributed by atoms with Gasteiger partial charge in [0, 0.05) is 10.6 Å². The average molecular weight is 371 g/mol. The predicted molar refractivity (Wildman–Crippen MR) is 102 cm³/mol. The maximum absolute atomic E-state index is 12.1. The van der Waals surface area contributed by atoms with Gasteiger partial charge in [0.15, 0.2) is 5.76 Å². The van der Waals surface area contributed by atoms with Crippen molar-refractivity contribution in [3.05, 3.63) is 70.4 Å². The summed E-state index contributed by atoms with van der Waals surface area (Å²) in [5, 5.41) is 14.4. The van der Waals surface area contributed by atoms with E-state index in [1.54, 1.807) is 19.9 Å². The van der Waals surface area contributed by atoms with E-state index in [0.717, 1.165) is 11.1 Å². The lowest BCUT2D eigenvalue weighted by atomic mass is 10.0. The van der Waals surface area contributed by atoms with Crippen LogP contribution in [0.15, 0.2) is 53.1 Å². The van der Waals surface area contributed by atoms with E-state index in [4.69, 9.17) is 16.1 Å². The Morgan fingerprint density at radius 2 is 1.81 bits per heavy atom. The summed E-state index contributed by atoms with van der Waals surface area (Å²) in [4.78, 5) is 13.4. The van der Waals surface area contributed by atoms with Crippen molar-refractivity contribution in [2.45, 2.75) is 26.8 Å². The monoisotopic (exact) mass is 370 g/mol. The highest BCUT2D eigenvalue weighted by atomic mass is 35.5. The molecular weight excluding hydrogens is 352 g/mol. The lowest BCUT2D eigenvalue weighted by Gasteiger charge is -2.27. The zero-order valence-electron chi connectivity index (χ0n) is 14.7. The molecule has 1 unspecified atom stereocenters. The standard InChI is InChI=1S/C20H19ClN2O3/c1-12-8-10-15(11-9-12)19-18(13(2)22-26-19)23(20(24)25)14(3)16-6-4-5-7-17(16)21/h4-11,14H,1-3H3,(H,24,25). The molecule has 3 aromatic rings. The third-order valence-corrected chi connectivity index (χ3v) is 4.68. The summed E-state index contributed by atoms with van der Waals surface area (Å²) < 4.78 is 5.48. The molecule has 0 saturated heterocycles. The summed E-state index contributed by atoms with van der Waals surface area (Å²) >= 11 is 6.28. The molecule has 2 aromatic carbocycles. The first kappa shape index (κ1) is 18.0. The van der Waals surface area contributed by atoms with Crippen LogP contribution in [0.5, 0.6) is 0 Å². The Balaban J connectivity index is 2.13. The van der Waals surface area contributed by atoms with Gasteiger partial charge in [0.05, 0.1) is 6.04 Å². The number of hydrogen-bond acceptors (Lipinski definition) is 3. The molecule has 0 radical (unpaired) electrons. The van der Waals surface area contributed by atoms with Gasteiger partial charge in [0.25, 0.3) is 0 Å². The van der Waals surface area contributed by atoms with Gasteiger partial charge < -0.3 is 9.63 Å². The lowest BCUT2D eigenvalue weighted by molar-refractivity contribution is 0.199. The van der Waals surface area contributed by atoms with Gasteiger partial charge in [-0.1, -0.05) is 64.8 Å². The largest absolute Gasteiger partial charge is 0.465 e. The molecule has 3 rings (SSSR count). The second-order valence-electron chi connectivity index (χ2n) is 6.16. The number of rotatable bonds is 4. The summed E-state index contributed by atoms with van der Waals surface area (Å²) in [6.07, 6.45) is -1.10.